The molecular formula is C14H32O3. The van der Waals surface area contributed by atoms with E-state index in [9.17, 15) is 0 Å². The first kappa shape index (κ1) is 19.2. The standard InChI is InChI=1S/C8H18O2.C6H14O/c1-3-5-9-7-8-10-6-4-2;1-3-5-7-6-4-2/h3-8H2,1-2H3;3-6H2,1-2H3. The van der Waals surface area contributed by atoms with Gasteiger partial charge in [-0.2, -0.15) is 0 Å². The van der Waals surface area contributed by atoms with Crippen molar-refractivity contribution >= 4 is 0 Å². The van der Waals surface area contributed by atoms with Crippen molar-refractivity contribution in [3.8, 4) is 0 Å². The fourth-order valence-electron chi connectivity index (χ4n) is 1.00. The Morgan fingerprint density at radius 2 is 0.647 bits per heavy atom. The molecule has 0 aliphatic heterocycles. The van der Waals surface area contributed by atoms with E-state index in [-0.39, 0.29) is 0 Å². The predicted molar refractivity (Wildman–Crippen MR) is 73.6 cm³/mol. The van der Waals surface area contributed by atoms with Crippen LogP contribution >= 0.6 is 0 Å². The lowest BCUT2D eigenvalue weighted by molar-refractivity contribution is 0.0483. The molecule has 0 N–H and O–H groups in total. The molecule has 0 saturated carbocycles. The minimum absolute atomic E-state index is 0.744. The molecule has 0 aliphatic carbocycles. The van der Waals surface area contributed by atoms with Crippen LogP contribution in [0, 0.1) is 0 Å². The molecule has 106 valence electrons. The summed E-state index contributed by atoms with van der Waals surface area (Å²) < 4.78 is 15.5. The fraction of sp³-hybridized carbons (Fsp3) is 1.00. The molecule has 0 aromatic carbocycles. The minimum Gasteiger partial charge on any atom is -0.381 e. The molecule has 0 bridgehead atoms. The van der Waals surface area contributed by atoms with Gasteiger partial charge < -0.3 is 14.2 Å². The summed E-state index contributed by atoms with van der Waals surface area (Å²) in [4.78, 5) is 0. The Labute approximate surface area is 108 Å². The Balaban J connectivity index is 0. The van der Waals surface area contributed by atoms with Gasteiger partial charge in [-0.3, -0.25) is 0 Å². The van der Waals surface area contributed by atoms with Crippen LogP contribution in [-0.2, 0) is 14.2 Å². The lowest BCUT2D eigenvalue weighted by Crippen LogP contribution is -2.04. The summed E-state index contributed by atoms with van der Waals surface area (Å²) in [5.74, 6) is 0. The average molecular weight is 248 g/mol. The van der Waals surface area contributed by atoms with Crippen LogP contribution in [0.4, 0.5) is 0 Å². The van der Waals surface area contributed by atoms with Gasteiger partial charge in [-0.05, 0) is 25.7 Å². The third-order valence-corrected chi connectivity index (χ3v) is 1.77. The summed E-state index contributed by atoms with van der Waals surface area (Å²) in [6.07, 6.45) is 4.46. The predicted octanol–water partition coefficient (Wildman–Crippen LogP) is 3.66. The van der Waals surface area contributed by atoms with Gasteiger partial charge in [0.1, 0.15) is 0 Å². The van der Waals surface area contributed by atoms with Crippen LogP contribution in [0.5, 0.6) is 0 Å². The monoisotopic (exact) mass is 248 g/mol. The zero-order chi connectivity index (χ0) is 13.2. The van der Waals surface area contributed by atoms with Crippen molar-refractivity contribution in [1.82, 2.24) is 0 Å². The lowest BCUT2D eigenvalue weighted by atomic mass is 10.5. The number of hydrogen-bond donors (Lipinski definition) is 0. The van der Waals surface area contributed by atoms with Gasteiger partial charge in [-0.15, -0.1) is 0 Å². The fourth-order valence-corrected chi connectivity index (χ4v) is 1.00. The van der Waals surface area contributed by atoms with Gasteiger partial charge in [0.05, 0.1) is 13.2 Å². The second-order valence-corrected chi connectivity index (χ2v) is 3.84. The van der Waals surface area contributed by atoms with E-state index in [4.69, 9.17) is 14.2 Å². The van der Waals surface area contributed by atoms with Crippen LogP contribution in [0.3, 0.4) is 0 Å². The van der Waals surface area contributed by atoms with Gasteiger partial charge in [-0.25, -0.2) is 0 Å². The summed E-state index contributed by atoms with van der Waals surface area (Å²) in [6.45, 7) is 13.5. The largest absolute Gasteiger partial charge is 0.381 e. The molecule has 0 rings (SSSR count). The van der Waals surface area contributed by atoms with Crippen LogP contribution in [0.2, 0.25) is 0 Å². The first-order valence-corrected chi connectivity index (χ1v) is 7.06. The minimum atomic E-state index is 0.744. The number of rotatable bonds is 11. The van der Waals surface area contributed by atoms with E-state index in [1.165, 1.54) is 0 Å². The van der Waals surface area contributed by atoms with Crippen molar-refractivity contribution in [2.75, 3.05) is 39.6 Å². The molecule has 3 nitrogen and oxygen atoms in total. The summed E-state index contributed by atoms with van der Waals surface area (Å²) in [5, 5.41) is 0. The Morgan fingerprint density at radius 3 is 0.882 bits per heavy atom. The molecule has 3 heteroatoms. The molecule has 0 aromatic rings. The Hall–Kier alpha value is -0.120. The van der Waals surface area contributed by atoms with E-state index in [0.717, 1.165) is 65.3 Å². The Morgan fingerprint density at radius 1 is 0.412 bits per heavy atom. The highest BCUT2D eigenvalue weighted by atomic mass is 16.5. The van der Waals surface area contributed by atoms with Gasteiger partial charge >= 0.3 is 0 Å². The third kappa shape index (κ3) is 25.8. The van der Waals surface area contributed by atoms with Crippen molar-refractivity contribution in [1.29, 1.82) is 0 Å². The molecule has 0 heterocycles. The molecule has 0 atom stereocenters. The summed E-state index contributed by atoms with van der Waals surface area (Å²) in [5.41, 5.74) is 0. The lowest BCUT2D eigenvalue weighted by Gasteiger charge is -2.02. The first-order chi connectivity index (χ1) is 8.33. The van der Waals surface area contributed by atoms with Crippen molar-refractivity contribution in [2.45, 2.75) is 53.4 Å². The Kier molecular flexibility index (Phi) is 24.0. The third-order valence-electron chi connectivity index (χ3n) is 1.77. The molecule has 0 aromatic heterocycles. The smallest absolute Gasteiger partial charge is 0.0700 e. The average Bonchev–Trinajstić information content (AvgIpc) is 2.35. The van der Waals surface area contributed by atoms with E-state index in [0.29, 0.717) is 0 Å². The molecular weight excluding hydrogens is 216 g/mol. The molecule has 17 heavy (non-hydrogen) atoms. The van der Waals surface area contributed by atoms with E-state index in [1.54, 1.807) is 0 Å². The van der Waals surface area contributed by atoms with Crippen molar-refractivity contribution < 1.29 is 14.2 Å². The van der Waals surface area contributed by atoms with Crippen LogP contribution in [-0.4, -0.2) is 39.6 Å². The second kappa shape index (κ2) is 21.2. The molecule has 0 amide bonds. The first-order valence-electron chi connectivity index (χ1n) is 7.06. The number of ether oxygens (including phenoxy) is 3. The van der Waals surface area contributed by atoms with Gasteiger partial charge in [0.15, 0.2) is 0 Å². The molecule has 0 unspecified atom stereocenters. The Bertz CT molecular complexity index is 95.6. The highest BCUT2D eigenvalue weighted by Crippen LogP contribution is 1.83. The summed E-state index contributed by atoms with van der Waals surface area (Å²) in [7, 11) is 0. The molecule has 0 spiro atoms. The normalized spacial score (nSPS) is 9.88. The maximum absolute atomic E-state index is 5.20. The molecule has 0 saturated heterocycles. The van der Waals surface area contributed by atoms with E-state index in [2.05, 4.69) is 27.7 Å². The van der Waals surface area contributed by atoms with Gasteiger partial charge in [-0.1, -0.05) is 27.7 Å². The van der Waals surface area contributed by atoms with Gasteiger partial charge in [0, 0.05) is 26.4 Å². The van der Waals surface area contributed by atoms with Crippen molar-refractivity contribution in [3.63, 3.8) is 0 Å². The SMILES string of the molecule is CCCOCCC.CCCOCCOCCC. The quantitative estimate of drug-likeness (QED) is 0.522. The number of hydrogen-bond acceptors (Lipinski definition) is 3. The maximum atomic E-state index is 5.20. The van der Waals surface area contributed by atoms with E-state index < -0.39 is 0 Å². The topological polar surface area (TPSA) is 27.7 Å². The zero-order valence-electron chi connectivity index (χ0n) is 12.3. The van der Waals surface area contributed by atoms with Crippen LogP contribution in [0.25, 0.3) is 0 Å². The summed E-state index contributed by atoms with van der Waals surface area (Å²) >= 11 is 0. The highest BCUT2D eigenvalue weighted by Gasteiger charge is 1.85. The van der Waals surface area contributed by atoms with Gasteiger partial charge in [0.25, 0.3) is 0 Å². The molecule has 0 aliphatic rings. The maximum Gasteiger partial charge on any atom is 0.0700 e. The molecule has 0 radical (unpaired) electrons. The van der Waals surface area contributed by atoms with Crippen LogP contribution in [0.15, 0.2) is 0 Å². The van der Waals surface area contributed by atoms with Crippen molar-refractivity contribution in [3.05, 3.63) is 0 Å². The second-order valence-electron chi connectivity index (χ2n) is 3.84. The van der Waals surface area contributed by atoms with Crippen LogP contribution in [0.1, 0.15) is 53.4 Å². The molecule has 0 fully saturated rings. The van der Waals surface area contributed by atoms with Gasteiger partial charge in [0.2, 0.25) is 0 Å². The highest BCUT2D eigenvalue weighted by molar-refractivity contribution is 4.30. The van der Waals surface area contributed by atoms with Crippen LogP contribution < -0.4 is 0 Å². The van der Waals surface area contributed by atoms with E-state index in [1.807, 2.05) is 0 Å². The van der Waals surface area contributed by atoms with E-state index >= 15 is 0 Å². The zero-order valence-corrected chi connectivity index (χ0v) is 12.3. The summed E-state index contributed by atoms with van der Waals surface area (Å²) in [6, 6.07) is 0. The van der Waals surface area contributed by atoms with Crippen molar-refractivity contribution in [2.24, 2.45) is 0 Å².